The number of aliphatic carboxylic acids is 1. The molecule has 10 heteroatoms. The molecular weight excluding hydrogens is 491 g/mol. The average molecular weight is 527 g/mol. The molecule has 2 aromatic rings. The molecule has 1 N–H and O–H groups in total. The summed E-state index contributed by atoms with van der Waals surface area (Å²) in [7, 11) is 0. The predicted octanol–water partition coefficient (Wildman–Crippen LogP) is 4.16. The fraction of sp³-hybridized carbons (Fsp3) is 0.536. The van der Waals surface area contributed by atoms with Gasteiger partial charge in [0, 0.05) is 32.7 Å². The van der Waals surface area contributed by atoms with Crippen LogP contribution in [-0.2, 0) is 16.2 Å². The molecule has 0 aliphatic carbocycles. The summed E-state index contributed by atoms with van der Waals surface area (Å²) >= 11 is 0. The zero-order valence-corrected chi connectivity index (χ0v) is 22.2. The highest BCUT2D eigenvalue weighted by molar-refractivity contribution is 5.85. The molecule has 204 valence electrons. The molecule has 0 bridgehead atoms. The number of piperidine rings is 1. The molecular formula is C28H35FN4O5. The smallest absolute Gasteiger partial charge is 0.309 e. The number of benzene rings is 1. The quantitative estimate of drug-likeness (QED) is 0.548. The Hall–Kier alpha value is -3.40. The van der Waals surface area contributed by atoms with Gasteiger partial charge >= 0.3 is 5.97 Å². The molecule has 0 unspecified atom stereocenters. The van der Waals surface area contributed by atoms with Crippen molar-refractivity contribution in [3.05, 3.63) is 41.8 Å². The van der Waals surface area contributed by atoms with E-state index in [1.165, 1.54) is 12.3 Å². The number of aromatic nitrogens is 1. The molecule has 5 rings (SSSR count). The van der Waals surface area contributed by atoms with Crippen LogP contribution in [0, 0.1) is 11.2 Å². The van der Waals surface area contributed by atoms with Crippen molar-refractivity contribution in [1.82, 2.24) is 14.8 Å². The van der Waals surface area contributed by atoms with Crippen LogP contribution in [0.4, 0.5) is 4.39 Å². The summed E-state index contributed by atoms with van der Waals surface area (Å²) in [6.45, 7) is 10.2. The lowest BCUT2D eigenvalue weighted by atomic mass is 9.80. The zero-order valence-electron chi connectivity index (χ0n) is 22.2. The van der Waals surface area contributed by atoms with Crippen LogP contribution in [0.25, 0.3) is 11.3 Å². The van der Waals surface area contributed by atoms with Crippen LogP contribution in [0.2, 0.25) is 0 Å². The van der Waals surface area contributed by atoms with Gasteiger partial charge in [0.05, 0.1) is 42.5 Å². The number of oxime groups is 1. The van der Waals surface area contributed by atoms with E-state index in [1.807, 2.05) is 32.9 Å². The molecule has 9 nitrogen and oxygen atoms in total. The van der Waals surface area contributed by atoms with Crippen LogP contribution in [0.5, 0.6) is 11.5 Å². The van der Waals surface area contributed by atoms with Crippen molar-refractivity contribution in [2.45, 2.75) is 52.2 Å². The van der Waals surface area contributed by atoms with E-state index in [0.29, 0.717) is 62.9 Å². The van der Waals surface area contributed by atoms with Gasteiger partial charge in [0.1, 0.15) is 23.2 Å². The van der Waals surface area contributed by atoms with E-state index in [4.69, 9.17) is 14.3 Å². The van der Waals surface area contributed by atoms with E-state index in [2.05, 4.69) is 19.9 Å². The lowest BCUT2D eigenvalue weighted by molar-refractivity contribution is -0.150. The van der Waals surface area contributed by atoms with Crippen molar-refractivity contribution in [2.75, 3.05) is 39.4 Å². The molecule has 3 aliphatic heterocycles. The van der Waals surface area contributed by atoms with Gasteiger partial charge in [0.25, 0.3) is 0 Å². The van der Waals surface area contributed by atoms with Crippen LogP contribution in [0.3, 0.4) is 0 Å². The van der Waals surface area contributed by atoms with Gasteiger partial charge in [-0.3, -0.25) is 14.7 Å². The molecule has 4 heterocycles. The molecule has 2 fully saturated rings. The van der Waals surface area contributed by atoms with Gasteiger partial charge in [-0.05, 0) is 63.4 Å². The lowest BCUT2D eigenvalue weighted by Gasteiger charge is -2.45. The second-order valence-corrected chi connectivity index (χ2v) is 10.7. The zero-order chi connectivity index (χ0) is 26.9. The molecule has 0 amide bonds. The van der Waals surface area contributed by atoms with E-state index >= 15 is 0 Å². The number of carbonyl (C=O) groups is 1. The average Bonchev–Trinajstić information content (AvgIpc) is 3.31. The molecule has 3 aliphatic rings. The predicted molar refractivity (Wildman–Crippen MR) is 140 cm³/mol. The SMILES string of the molecule is CCOc1cc(CN2CC3(CC(N4CCC(C)(C(=O)O)CC4)=NO3)C2)cc(OCC)c1-c1ccc(F)cn1. The number of carboxylic acid groups (broad SMARTS) is 1. The normalized spacial score (nSPS) is 20.0. The fourth-order valence-electron chi connectivity index (χ4n) is 5.50. The first kappa shape index (κ1) is 26.2. The third kappa shape index (κ3) is 5.14. The summed E-state index contributed by atoms with van der Waals surface area (Å²) in [6, 6.07) is 7.02. The van der Waals surface area contributed by atoms with Gasteiger partial charge < -0.3 is 24.3 Å². The van der Waals surface area contributed by atoms with Gasteiger partial charge in [0.15, 0.2) is 5.60 Å². The Bertz CT molecular complexity index is 1180. The Morgan fingerprint density at radius 2 is 1.79 bits per heavy atom. The Kier molecular flexibility index (Phi) is 7.17. The monoisotopic (exact) mass is 526 g/mol. The van der Waals surface area contributed by atoms with Gasteiger partial charge in [-0.25, -0.2) is 4.39 Å². The lowest BCUT2D eigenvalue weighted by Crippen LogP contribution is -2.61. The Morgan fingerprint density at radius 3 is 2.34 bits per heavy atom. The number of likely N-dealkylation sites (tertiary alicyclic amines) is 2. The topological polar surface area (TPSA) is 96.7 Å². The summed E-state index contributed by atoms with van der Waals surface area (Å²) in [5.74, 6) is 1.11. The fourth-order valence-corrected chi connectivity index (χ4v) is 5.50. The standard InChI is InChI=1S/C28H35FN4O5/c1-4-36-22-12-19(13-23(37-5-2)25(22)21-7-6-20(29)15-30-21)16-32-17-28(18-32)14-24(31-38-28)33-10-8-27(3,9-11-33)26(34)35/h6-7,12-13,15H,4-5,8-11,14,16-18H2,1-3H3,(H,34,35). The number of halogens is 1. The second kappa shape index (κ2) is 10.4. The molecule has 0 radical (unpaired) electrons. The minimum Gasteiger partial charge on any atom is -0.493 e. The van der Waals surface area contributed by atoms with E-state index in [9.17, 15) is 14.3 Å². The number of ether oxygens (including phenoxy) is 2. The number of rotatable bonds is 8. The molecule has 38 heavy (non-hydrogen) atoms. The van der Waals surface area contributed by atoms with E-state index in [-0.39, 0.29) is 5.60 Å². The molecule has 1 aromatic heterocycles. The van der Waals surface area contributed by atoms with Crippen LogP contribution >= 0.6 is 0 Å². The highest BCUT2D eigenvalue weighted by atomic mass is 19.1. The number of hydrogen-bond donors (Lipinski definition) is 1. The summed E-state index contributed by atoms with van der Waals surface area (Å²) in [4.78, 5) is 26.2. The van der Waals surface area contributed by atoms with Crippen LogP contribution in [0.15, 0.2) is 35.6 Å². The number of amidine groups is 1. The largest absolute Gasteiger partial charge is 0.493 e. The van der Waals surface area contributed by atoms with Crippen LogP contribution in [0.1, 0.15) is 45.6 Å². The molecule has 0 saturated carbocycles. The van der Waals surface area contributed by atoms with Crippen molar-refractivity contribution in [1.29, 1.82) is 0 Å². The highest BCUT2D eigenvalue weighted by Gasteiger charge is 2.51. The molecule has 0 atom stereocenters. The first-order valence-electron chi connectivity index (χ1n) is 13.2. The Labute approximate surface area is 222 Å². The third-order valence-corrected chi connectivity index (χ3v) is 7.71. The number of hydrogen-bond acceptors (Lipinski definition) is 8. The van der Waals surface area contributed by atoms with Crippen LogP contribution < -0.4 is 9.47 Å². The first-order valence-corrected chi connectivity index (χ1v) is 13.2. The van der Waals surface area contributed by atoms with E-state index in [0.717, 1.165) is 36.5 Å². The van der Waals surface area contributed by atoms with Crippen molar-refractivity contribution < 1.29 is 28.6 Å². The van der Waals surface area contributed by atoms with Crippen molar-refractivity contribution in [3.63, 3.8) is 0 Å². The maximum atomic E-state index is 13.5. The summed E-state index contributed by atoms with van der Waals surface area (Å²) in [6.07, 6.45) is 3.14. The maximum Gasteiger partial charge on any atom is 0.309 e. The summed E-state index contributed by atoms with van der Waals surface area (Å²) < 4.78 is 25.4. The summed E-state index contributed by atoms with van der Waals surface area (Å²) in [5.41, 5.74) is 1.37. The Balaban J connectivity index is 1.24. The molecule has 2 saturated heterocycles. The van der Waals surface area contributed by atoms with Gasteiger partial charge in [-0.15, -0.1) is 0 Å². The van der Waals surface area contributed by atoms with Crippen molar-refractivity contribution in [2.24, 2.45) is 10.6 Å². The van der Waals surface area contributed by atoms with E-state index < -0.39 is 17.2 Å². The second-order valence-electron chi connectivity index (χ2n) is 10.7. The minimum atomic E-state index is -0.727. The van der Waals surface area contributed by atoms with Gasteiger partial charge in [0.2, 0.25) is 0 Å². The number of pyridine rings is 1. The minimum absolute atomic E-state index is 0.327. The van der Waals surface area contributed by atoms with Crippen LogP contribution in [-0.4, -0.2) is 76.7 Å². The third-order valence-electron chi connectivity index (χ3n) is 7.71. The van der Waals surface area contributed by atoms with Crippen molar-refractivity contribution in [3.8, 4) is 22.8 Å². The number of carboxylic acids is 1. The first-order chi connectivity index (χ1) is 18.2. The Morgan fingerprint density at radius 1 is 1.13 bits per heavy atom. The highest BCUT2D eigenvalue weighted by Crippen LogP contribution is 2.41. The van der Waals surface area contributed by atoms with Gasteiger partial charge in [-0.1, -0.05) is 5.16 Å². The van der Waals surface area contributed by atoms with Gasteiger partial charge in [-0.2, -0.15) is 0 Å². The van der Waals surface area contributed by atoms with Crippen molar-refractivity contribution >= 4 is 11.8 Å². The summed E-state index contributed by atoms with van der Waals surface area (Å²) in [5, 5.41) is 13.9. The maximum absolute atomic E-state index is 13.5. The number of nitrogens with zero attached hydrogens (tertiary/aromatic N) is 4. The molecule has 1 aromatic carbocycles. The van der Waals surface area contributed by atoms with E-state index in [1.54, 1.807) is 6.07 Å². The molecule has 1 spiro atoms.